The fraction of sp³-hybridized carbons (Fsp3) is 0.538. The third-order valence-corrected chi connectivity index (χ3v) is 2.01. The Hall–Kier alpha value is -1.23. The van der Waals surface area contributed by atoms with Crippen molar-refractivity contribution in [3.63, 3.8) is 0 Å². The molecule has 1 aromatic rings. The van der Waals surface area contributed by atoms with Gasteiger partial charge in [0.25, 0.3) is 0 Å². The zero-order valence-corrected chi connectivity index (χ0v) is 11.0. The van der Waals surface area contributed by atoms with E-state index in [0.717, 1.165) is 17.5 Å². The van der Waals surface area contributed by atoms with Crippen molar-refractivity contribution in [2.24, 2.45) is 5.73 Å². The highest BCUT2D eigenvalue weighted by Gasteiger charge is 2.31. The van der Waals surface area contributed by atoms with Crippen LogP contribution in [-0.4, -0.2) is 12.9 Å². The summed E-state index contributed by atoms with van der Waals surface area (Å²) in [7, 11) is 0. The van der Waals surface area contributed by atoms with Gasteiger partial charge in [0.05, 0.1) is 0 Å². The third kappa shape index (κ3) is 7.17. The summed E-state index contributed by atoms with van der Waals surface area (Å²) >= 11 is 0. The number of ether oxygens (including phenoxy) is 1. The summed E-state index contributed by atoms with van der Waals surface area (Å²) < 4.78 is 39.9. The molecule has 5 heteroatoms. The van der Waals surface area contributed by atoms with Crippen LogP contribution in [0.4, 0.5) is 13.2 Å². The van der Waals surface area contributed by atoms with Gasteiger partial charge in [-0.2, -0.15) is 0 Å². The zero-order chi connectivity index (χ0) is 14.2. The van der Waals surface area contributed by atoms with E-state index < -0.39 is 6.36 Å². The van der Waals surface area contributed by atoms with E-state index in [1.54, 1.807) is 6.92 Å². The van der Waals surface area contributed by atoms with Crippen LogP contribution >= 0.6 is 0 Å². The van der Waals surface area contributed by atoms with Gasteiger partial charge < -0.3 is 10.5 Å². The summed E-state index contributed by atoms with van der Waals surface area (Å²) in [4.78, 5) is 0. The summed E-state index contributed by atoms with van der Waals surface area (Å²) in [6.45, 7) is 6.25. The molecule has 2 nitrogen and oxygen atoms in total. The maximum absolute atomic E-state index is 12.0. The third-order valence-electron chi connectivity index (χ3n) is 2.01. The molecule has 0 aliphatic carbocycles. The van der Waals surface area contributed by atoms with Crippen molar-refractivity contribution >= 4 is 0 Å². The van der Waals surface area contributed by atoms with Crippen LogP contribution < -0.4 is 10.5 Å². The molecule has 18 heavy (non-hydrogen) atoms. The van der Waals surface area contributed by atoms with E-state index in [2.05, 4.69) is 4.74 Å². The number of aryl methyl sites for hydroxylation is 2. The molecular formula is C13H20F3NO. The van der Waals surface area contributed by atoms with Crippen molar-refractivity contribution in [2.75, 3.05) is 6.54 Å². The maximum Gasteiger partial charge on any atom is 0.573 e. The predicted octanol–water partition coefficient (Wildman–Crippen LogP) is 3.81. The first-order valence-corrected chi connectivity index (χ1v) is 5.97. The summed E-state index contributed by atoms with van der Waals surface area (Å²) in [5.41, 5.74) is 6.90. The van der Waals surface area contributed by atoms with Gasteiger partial charge in [0.15, 0.2) is 0 Å². The molecule has 0 radical (unpaired) electrons. The van der Waals surface area contributed by atoms with Gasteiger partial charge >= 0.3 is 6.36 Å². The van der Waals surface area contributed by atoms with Crippen LogP contribution in [0.2, 0.25) is 0 Å². The Morgan fingerprint density at radius 1 is 1.17 bits per heavy atom. The van der Waals surface area contributed by atoms with Crippen LogP contribution in [0.5, 0.6) is 5.75 Å². The van der Waals surface area contributed by atoms with E-state index in [1.165, 1.54) is 12.1 Å². The quantitative estimate of drug-likeness (QED) is 0.896. The number of nitrogens with two attached hydrogens (primary N) is 1. The maximum atomic E-state index is 12.0. The summed E-state index contributed by atoms with van der Waals surface area (Å²) in [5, 5.41) is 0. The first kappa shape index (κ1) is 16.8. The lowest BCUT2D eigenvalue weighted by molar-refractivity contribution is -0.274. The van der Waals surface area contributed by atoms with Gasteiger partial charge in [0.1, 0.15) is 5.75 Å². The van der Waals surface area contributed by atoms with Gasteiger partial charge in [-0.15, -0.1) is 13.2 Å². The number of alkyl halides is 3. The first-order valence-electron chi connectivity index (χ1n) is 5.97. The van der Waals surface area contributed by atoms with Gasteiger partial charge in [0.2, 0.25) is 0 Å². The minimum Gasteiger partial charge on any atom is -0.406 e. The lowest BCUT2D eigenvalue weighted by atomic mass is 10.1. The lowest BCUT2D eigenvalue weighted by Gasteiger charge is -2.11. The molecule has 0 heterocycles. The van der Waals surface area contributed by atoms with E-state index >= 15 is 0 Å². The zero-order valence-electron chi connectivity index (χ0n) is 11.0. The minimum absolute atomic E-state index is 0.167. The van der Waals surface area contributed by atoms with E-state index in [9.17, 15) is 13.2 Å². The molecule has 0 fully saturated rings. The molecular weight excluding hydrogens is 243 g/mol. The van der Waals surface area contributed by atoms with Crippen molar-refractivity contribution in [3.05, 3.63) is 29.3 Å². The molecule has 0 amide bonds. The van der Waals surface area contributed by atoms with E-state index in [4.69, 9.17) is 5.73 Å². The fourth-order valence-corrected chi connectivity index (χ4v) is 1.47. The monoisotopic (exact) mass is 263 g/mol. The van der Waals surface area contributed by atoms with E-state index in [-0.39, 0.29) is 5.75 Å². The highest BCUT2D eigenvalue weighted by atomic mass is 19.4. The Kier molecular flexibility index (Phi) is 7.43. The van der Waals surface area contributed by atoms with Crippen LogP contribution in [-0.2, 0) is 6.42 Å². The van der Waals surface area contributed by atoms with Crippen molar-refractivity contribution in [1.82, 2.24) is 0 Å². The van der Waals surface area contributed by atoms with Gasteiger partial charge in [-0.05, 0) is 49.6 Å². The molecule has 0 atom stereocenters. The normalized spacial score (nSPS) is 10.6. The molecule has 0 aliphatic rings. The number of hydrogen-bond acceptors (Lipinski definition) is 2. The van der Waals surface area contributed by atoms with Crippen molar-refractivity contribution in [1.29, 1.82) is 0 Å². The van der Waals surface area contributed by atoms with Crippen LogP contribution in [0, 0.1) is 6.92 Å². The lowest BCUT2D eigenvalue weighted by Crippen LogP contribution is -2.17. The Morgan fingerprint density at radius 2 is 1.78 bits per heavy atom. The van der Waals surface area contributed by atoms with E-state index in [1.807, 2.05) is 19.9 Å². The molecule has 0 aliphatic heterocycles. The highest BCUT2D eigenvalue weighted by Crippen LogP contribution is 2.25. The second-order valence-corrected chi connectivity index (χ2v) is 3.59. The second-order valence-electron chi connectivity index (χ2n) is 3.59. The smallest absolute Gasteiger partial charge is 0.406 e. The largest absolute Gasteiger partial charge is 0.573 e. The summed E-state index contributed by atoms with van der Waals surface area (Å²) in [6.07, 6.45) is -3.24. The first-order chi connectivity index (χ1) is 8.40. The van der Waals surface area contributed by atoms with Crippen LogP contribution in [0.1, 0.15) is 31.4 Å². The average Bonchev–Trinajstić information content (AvgIpc) is 2.26. The van der Waals surface area contributed by atoms with Crippen molar-refractivity contribution in [2.45, 2.75) is 40.0 Å². The molecule has 0 unspecified atom stereocenters. The fourth-order valence-electron chi connectivity index (χ4n) is 1.47. The minimum atomic E-state index is -4.64. The Balaban J connectivity index is 0.00000137. The number of benzene rings is 1. The summed E-state index contributed by atoms with van der Waals surface area (Å²) in [6, 6.07) is 4.59. The molecule has 1 rings (SSSR count). The van der Waals surface area contributed by atoms with Crippen LogP contribution in [0.15, 0.2) is 18.2 Å². The van der Waals surface area contributed by atoms with Gasteiger partial charge in [-0.3, -0.25) is 0 Å². The van der Waals surface area contributed by atoms with Crippen molar-refractivity contribution in [3.8, 4) is 5.75 Å². The molecule has 0 spiro atoms. The number of halogens is 3. The number of hydrogen-bond donors (Lipinski definition) is 1. The summed E-state index contributed by atoms with van der Waals surface area (Å²) in [5.74, 6) is -0.167. The Bertz CT molecular complexity index is 351. The molecule has 0 aromatic heterocycles. The number of rotatable bonds is 4. The van der Waals surface area contributed by atoms with Gasteiger partial charge in [-0.1, -0.05) is 19.9 Å². The van der Waals surface area contributed by atoms with Crippen LogP contribution in [0.3, 0.4) is 0 Å². The predicted molar refractivity (Wildman–Crippen MR) is 66.6 cm³/mol. The standard InChI is InChI=1S/C11H14F3NO.C2H6/c1-8-5-9(3-2-4-15)7-10(6-8)16-11(12,13)14;1-2/h5-7H,2-4,15H2,1H3;1-2H3. The Labute approximate surface area is 106 Å². The molecule has 2 N–H and O–H groups in total. The molecule has 104 valence electrons. The van der Waals surface area contributed by atoms with Gasteiger partial charge in [0, 0.05) is 0 Å². The van der Waals surface area contributed by atoms with Gasteiger partial charge in [-0.25, -0.2) is 0 Å². The van der Waals surface area contributed by atoms with Crippen molar-refractivity contribution < 1.29 is 17.9 Å². The molecule has 1 aromatic carbocycles. The molecule has 0 bridgehead atoms. The highest BCUT2D eigenvalue weighted by molar-refractivity contribution is 5.34. The van der Waals surface area contributed by atoms with Crippen LogP contribution in [0.25, 0.3) is 0 Å². The SMILES string of the molecule is CC.Cc1cc(CCCN)cc(OC(F)(F)F)c1. The molecule has 0 saturated carbocycles. The topological polar surface area (TPSA) is 35.2 Å². The van der Waals surface area contributed by atoms with E-state index in [0.29, 0.717) is 13.0 Å². The average molecular weight is 263 g/mol. The molecule has 0 saturated heterocycles. The second kappa shape index (κ2) is 7.97. The Morgan fingerprint density at radius 3 is 2.28 bits per heavy atom.